The summed E-state index contributed by atoms with van der Waals surface area (Å²) >= 11 is 0. The van der Waals surface area contributed by atoms with Gasteiger partial charge in [-0.05, 0) is 76.4 Å². The van der Waals surface area contributed by atoms with Crippen molar-refractivity contribution >= 4 is 29.4 Å². The minimum Gasteiger partial charge on any atom is -0.464 e. The summed E-state index contributed by atoms with van der Waals surface area (Å²) < 4.78 is 27.7. The predicted octanol–water partition coefficient (Wildman–Crippen LogP) is 0.954. The van der Waals surface area contributed by atoms with Crippen LogP contribution in [0.3, 0.4) is 0 Å². The number of aliphatic hydroxyl groups is 3. The number of halogens is 1. The summed E-state index contributed by atoms with van der Waals surface area (Å²) in [5.74, 6) is -5.91. The van der Waals surface area contributed by atoms with Gasteiger partial charge in [-0.3, -0.25) is 49.7 Å². The lowest BCUT2D eigenvalue weighted by Crippen LogP contribution is -2.69. The van der Waals surface area contributed by atoms with Crippen molar-refractivity contribution in [2.75, 3.05) is 26.4 Å². The number of unbranched alkanes of at least 4 members (excludes halogenated alkanes) is 3. The molecular weight excluding hydrogens is 737 g/mol. The van der Waals surface area contributed by atoms with Gasteiger partial charge in [0, 0.05) is 23.2 Å². The number of ketones is 2. The molecule has 0 saturated heterocycles. The number of aliphatic hydroxyl groups excluding tert-OH is 2. The number of nitrogens with one attached hydrogen (secondary N) is 1. The van der Waals surface area contributed by atoms with Crippen LogP contribution in [0.1, 0.15) is 84.5 Å². The Labute approximate surface area is 316 Å². The Morgan fingerprint density at radius 2 is 1.56 bits per heavy atom. The highest BCUT2D eigenvalue weighted by Gasteiger charge is 2.76. The third kappa shape index (κ3) is 9.31. The molecular formula is C35H52FN3O16. The third-order valence-electron chi connectivity index (χ3n) is 11.9. The third-order valence-corrected chi connectivity index (χ3v) is 11.9. The van der Waals surface area contributed by atoms with Crippen molar-refractivity contribution in [1.82, 2.24) is 16.1 Å². The number of ether oxygens (including phenoxy) is 2. The SMILES string of the molecule is C[C@]12C=CC(=O)C=C1CC[C@H]1[C@@H]3C[C@@H](O)[C@](O)(C(=O)COC(=O)CC(NC(=O)CCCCCON(O)O)C(=O)OCCCCON(O)O)[C@@]3(C)C[C@H](O)[C@@]12F. The molecule has 4 aliphatic carbocycles. The Morgan fingerprint density at radius 1 is 0.927 bits per heavy atom. The molecule has 0 aliphatic heterocycles. The van der Waals surface area contributed by atoms with E-state index < -0.39 is 106 Å². The van der Waals surface area contributed by atoms with Crippen LogP contribution in [0.25, 0.3) is 0 Å². The molecule has 1 unspecified atom stereocenters. The standard InChI is InChI=1S/C35H52FN3O16/c1-32-12-11-22(40)16-21(32)9-10-23-24-17-26(41)35(47,33(24,2)19-27(42)34(23,32)36)28(43)20-53-30(45)18-25(31(46)52-13-6-7-15-55-39(50)51)37-29(44)8-4-3-5-14-54-38(48)49/h11-12,16,23-27,41-42,47-51H,3-10,13-15,17-20H2,1-2H3,(H,37,44)/t23-,24-,25?,26+,27-,32-,33-,34-,35-/m0/s1. The van der Waals surface area contributed by atoms with Crippen molar-refractivity contribution in [2.45, 2.75) is 114 Å². The number of hydrogen-bond donors (Lipinski definition) is 8. The number of Topliss-reactive ketones (excluding diaryl/α,β-unsaturated/α-hetero) is 1. The van der Waals surface area contributed by atoms with Crippen LogP contribution in [0.4, 0.5) is 4.39 Å². The monoisotopic (exact) mass is 789 g/mol. The minimum atomic E-state index is -2.56. The topological polar surface area (TPSA) is 282 Å². The maximum atomic E-state index is 17.4. The van der Waals surface area contributed by atoms with Crippen molar-refractivity contribution in [2.24, 2.45) is 22.7 Å². The normalized spacial score (nSPS) is 33.0. The highest BCUT2D eigenvalue weighted by Crippen LogP contribution is 2.69. The first kappa shape index (κ1) is 44.4. The van der Waals surface area contributed by atoms with Gasteiger partial charge in [0.1, 0.15) is 6.04 Å². The molecule has 20 heteroatoms. The Hall–Kier alpha value is -3.28. The van der Waals surface area contributed by atoms with Gasteiger partial charge in [0.05, 0.1) is 49.2 Å². The van der Waals surface area contributed by atoms with Gasteiger partial charge in [0.2, 0.25) is 11.7 Å². The van der Waals surface area contributed by atoms with E-state index in [9.17, 15) is 39.3 Å². The van der Waals surface area contributed by atoms with Gasteiger partial charge in [-0.25, -0.2) is 9.18 Å². The fraction of sp³-hybridized carbons (Fsp3) is 0.743. The van der Waals surface area contributed by atoms with E-state index in [4.69, 9.17) is 30.3 Å². The maximum Gasteiger partial charge on any atom is 0.329 e. The number of nitrogens with zero attached hydrogens (tertiary/aromatic N) is 2. The zero-order valence-electron chi connectivity index (χ0n) is 30.8. The summed E-state index contributed by atoms with van der Waals surface area (Å²) in [5.41, 5.74) is -7.20. The Kier molecular flexibility index (Phi) is 14.8. The zero-order chi connectivity index (χ0) is 40.8. The summed E-state index contributed by atoms with van der Waals surface area (Å²) in [6.07, 6.45) is 1.18. The first-order valence-corrected chi connectivity index (χ1v) is 18.3. The van der Waals surface area contributed by atoms with Crippen molar-refractivity contribution in [1.29, 1.82) is 0 Å². The second-order valence-electron chi connectivity index (χ2n) is 15.0. The molecule has 0 aromatic rings. The summed E-state index contributed by atoms with van der Waals surface area (Å²) in [6, 6.07) is -1.57. The van der Waals surface area contributed by atoms with E-state index in [1.54, 1.807) is 6.92 Å². The summed E-state index contributed by atoms with van der Waals surface area (Å²) in [6.45, 7) is 1.66. The van der Waals surface area contributed by atoms with Crippen LogP contribution in [0.2, 0.25) is 0 Å². The number of esters is 2. The van der Waals surface area contributed by atoms with E-state index in [2.05, 4.69) is 15.0 Å². The van der Waals surface area contributed by atoms with Crippen LogP contribution >= 0.6 is 0 Å². The highest BCUT2D eigenvalue weighted by molar-refractivity contribution is 6.01. The van der Waals surface area contributed by atoms with Crippen molar-refractivity contribution < 1.29 is 83.7 Å². The molecule has 55 heavy (non-hydrogen) atoms. The number of rotatable bonds is 20. The molecule has 8 N–H and O–H groups in total. The highest BCUT2D eigenvalue weighted by atomic mass is 19.1. The van der Waals surface area contributed by atoms with E-state index in [-0.39, 0.29) is 57.7 Å². The van der Waals surface area contributed by atoms with Gasteiger partial charge in [-0.1, -0.05) is 25.0 Å². The number of carbonyl (C=O) groups excluding carboxylic acids is 5. The van der Waals surface area contributed by atoms with E-state index >= 15 is 4.39 Å². The average Bonchev–Trinajstić information content (AvgIpc) is 3.31. The lowest BCUT2D eigenvalue weighted by atomic mass is 9.44. The predicted molar refractivity (Wildman–Crippen MR) is 179 cm³/mol. The van der Waals surface area contributed by atoms with Gasteiger partial charge < -0.3 is 30.1 Å². The Balaban J connectivity index is 1.40. The molecule has 3 fully saturated rings. The molecule has 19 nitrogen and oxygen atoms in total. The summed E-state index contributed by atoms with van der Waals surface area (Å²) in [7, 11) is 0. The van der Waals surface area contributed by atoms with E-state index in [0.29, 0.717) is 31.3 Å². The van der Waals surface area contributed by atoms with Crippen LogP contribution in [0.5, 0.6) is 0 Å². The van der Waals surface area contributed by atoms with Crippen molar-refractivity contribution in [3.63, 3.8) is 0 Å². The van der Waals surface area contributed by atoms with Gasteiger partial charge >= 0.3 is 11.9 Å². The van der Waals surface area contributed by atoms with Crippen molar-refractivity contribution in [3.8, 4) is 0 Å². The first-order valence-electron chi connectivity index (χ1n) is 18.3. The number of allylic oxidation sites excluding steroid dienone is 4. The second kappa shape index (κ2) is 18.3. The summed E-state index contributed by atoms with van der Waals surface area (Å²) in [4.78, 5) is 73.3. The first-order chi connectivity index (χ1) is 25.8. The zero-order valence-corrected chi connectivity index (χ0v) is 30.8. The number of fused-ring (bicyclic) bond motifs is 5. The average molecular weight is 790 g/mol. The molecule has 310 valence electrons. The quantitative estimate of drug-likeness (QED) is 0.0484. The Bertz CT molecular complexity index is 1490. The minimum absolute atomic E-state index is 0.0454. The number of carbonyl (C=O) groups is 5. The van der Waals surface area contributed by atoms with Gasteiger partial charge in [0.15, 0.2) is 23.7 Å². The molecule has 0 heterocycles. The van der Waals surface area contributed by atoms with Crippen LogP contribution in [-0.2, 0) is 43.1 Å². The molecule has 4 aliphatic rings. The fourth-order valence-corrected chi connectivity index (χ4v) is 9.00. The Morgan fingerprint density at radius 3 is 2.22 bits per heavy atom. The van der Waals surface area contributed by atoms with Crippen LogP contribution in [0, 0.1) is 22.7 Å². The van der Waals surface area contributed by atoms with E-state index in [0.717, 1.165) is 0 Å². The molecule has 1 amide bonds. The van der Waals surface area contributed by atoms with Gasteiger partial charge in [0.25, 0.3) is 0 Å². The lowest BCUT2D eigenvalue weighted by molar-refractivity contribution is -0.492. The molecule has 4 rings (SSSR count). The van der Waals surface area contributed by atoms with Gasteiger partial charge in [-0.2, -0.15) is 0 Å². The largest absolute Gasteiger partial charge is 0.464 e. The smallest absolute Gasteiger partial charge is 0.329 e. The number of hydrogen-bond acceptors (Lipinski definition) is 18. The van der Waals surface area contributed by atoms with Crippen LogP contribution in [-0.4, -0.2) is 132 Å². The molecule has 0 aromatic carbocycles. The molecule has 0 aromatic heterocycles. The van der Waals surface area contributed by atoms with Crippen LogP contribution in [0.15, 0.2) is 23.8 Å². The van der Waals surface area contributed by atoms with E-state index in [1.807, 2.05) is 0 Å². The molecule has 3 saturated carbocycles. The number of amides is 1. The van der Waals surface area contributed by atoms with Crippen LogP contribution < -0.4 is 5.32 Å². The molecule has 9 atom stereocenters. The summed E-state index contributed by atoms with van der Waals surface area (Å²) in [5, 5.41) is 70.5. The maximum absolute atomic E-state index is 17.4. The number of alkyl halides is 1. The fourth-order valence-electron chi connectivity index (χ4n) is 9.00. The second-order valence-corrected chi connectivity index (χ2v) is 15.0. The molecule has 0 bridgehead atoms. The van der Waals surface area contributed by atoms with Gasteiger partial charge in [-0.15, -0.1) is 0 Å². The molecule has 0 spiro atoms. The van der Waals surface area contributed by atoms with E-state index in [1.165, 1.54) is 25.2 Å². The lowest BCUT2D eigenvalue weighted by Gasteiger charge is -2.62. The molecule has 0 radical (unpaired) electrons. The van der Waals surface area contributed by atoms with Crippen molar-refractivity contribution in [3.05, 3.63) is 23.8 Å².